The topological polar surface area (TPSA) is 57.9 Å². The summed E-state index contributed by atoms with van der Waals surface area (Å²) < 4.78 is 21.7. The lowest BCUT2D eigenvalue weighted by Gasteiger charge is -2.27. The van der Waals surface area contributed by atoms with Crippen molar-refractivity contribution in [3.8, 4) is 0 Å². The third-order valence-corrected chi connectivity index (χ3v) is 5.11. The minimum absolute atomic E-state index is 0.352. The van der Waals surface area contributed by atoms with Crippen LogP contribution in [-0.4, -0.2) is 28.6 Å². The van der Waals surface area contributed by atoms with E-state index in [-0.39, 0.29) is 0 Å². The smallest absolute Gasteiger partial charge is 0.431 e. The van der Waals surface area contributed by atoms with Gasteiger partial charge in [0.25, 0.3) is 0 Å². The zero-order valence-electron chi connectivity index (χ0n) is 10.4. The predicted octanol–water partition coefficient (Wildman–Crippen LogP) is 0.895. The quantitative estimate of drug-likeness (QED) is 0.680. The monoisotopic (exact) mass is 258 g/mol. The van der Waals surface area contributed by atoms with Crippen molar-refractivity contribution in [1.82, 2.24) is 0 Å². The van der Waals surface area contributed by atoms with Gasteiger partial charge in [-0.1, -0.05) is 0 Å². The van der Waals surface area contributed by atoms with E-state index < -0.39 is 14.4 Å². The second-order valence-electron chi connectivity index (χ2n) is 3.17. The molecule has 1 heterocycles. The van der Waals surface area contributed by atoms with Crippen molar-refractivity contribution in [2.45, 2.75) is 20.8 Å². The summed E-state index contributed by atoms with van der Waals surface area (Å²) in [5, 5.41) is 0.352. The molecule has 6 heteroatoms. The van der Waals surface area contributed by atoms with Crippen LogP contribution in [0.5, 0.6) is 0 Å². The summed E-state index contributed by atoms with van der Waals surface area (Å²) in [5.74, 6) is 0. The highest BCUT2D eigenvalue weighted by molar-refractivity contribution is 6.75. The molecule has 1 aromatic rings. The van der Waals surface area contributed by atoms with Crippen molar-refractivity contribution >= 4 is 14.0 Å². The van der Waals surface area contributed by atoms with Crippen molar-refractivity contribution in [2.75, 3.05) is 19.8 Å². The molecule has 0 N–H and O–H groups in total. The van der Waals surface area contributed by atoms with Gasteiger partial charge in [-0.15, -0.1) is 0 Å². The second kappa shape index (κ2) is 6.70. The summed E-state index contributed by atoms with van der Waals surface area (Å²) in [7, 11) is -3.12. The van der Waals surface area contributed by atoms with Gasteiger partial charge in [-0.05, 0) is 32.9 Å². The minimum atomic E-state index is -3.12. The second-order valence-corrected chi connectivity index (χ2v) is 5.69. The summed E-state index contributed by atoms with van der Waals surface area (Å²) in [6.45, 7) is 6.76. The summed E-state index contributed by atoms with van der Waals surface area (Å²) in [5.41, 5.74) is -0.463. The Hall–Kier alpha value is -0.953. The van der Waals surface area contributed by atoms with Crippen LogP contribution in [0.15, 0.2) is 27.6 Å². The van der Waals surface area contributed by atoms with Gasteiger partial charge in [0.05, 0.1) is 6.26 Å². The molecule has 0 aliphatic carbocycles. The average Bonchev–Trinajstić information content (AvgIpc) is 2.30. The molecule has 0 atom stereocenters. The highest BCUT2D eigenvalue weighted by Gasteiger charge is 2.46. The molecule has 17 heavy (non-hydrogen) atoms. The first-order chi connectivity index (χ1) is 8.20. The molecule has 0 bridgehead atoms. The highest BCUT2D eigenvalue weighted by Crippen LogP contribution is 2.08. The van der Waals surface area contributed by atoms with Crippen molar-refractivity contribution in [3.63, 3.8) is 0 Å². The molecular formula is C11H18O5Si. The van der Waals surface area contributed by atoms with E-state index in [1.54, 1.807) is 12.1 Å². The SMILES string of the molecule is CCO[Si](OCC)(OCC)c1cccoc1=O. The molecule has 0 unspecified atom stereocenters. The van der Waals surface area contributed by atoms with Crippen LogP contribution in [0, 0.1) is 0 Å². The molecular weight excluding hydrogens is 240 g/mol. The lowest BCUT2D eigenvalue weighted by Crippen LogP contribution is -2.61. The van der Waals surface area contributed by atoms with E-state index in [9.17, 15) is 4.79 Å². The largest absolute Gasteiger partial charge is 0.544 e. The van der Waals surface area contributed by atoms with Crippen LogP contribution in [0.1, 0.15) is 20.8 Å². The molecule has 0 radical (unpaired) electrons. The van der Waals surface area contributed by atoms with Gasteiger partial charge in [-0.25, -0.2) is 4.79 Å². The normalized spacial score (nSPS) is 11.7. The first-order valence-corrected chi connectivity index (χ1v) is 7.42. The standard InChI is InChI=1S/C11H18O5Si/c1-4-14-17(15-5-2,16-6-3)10-8-7-9-13-11(10)12/h7-9H,4-6H2,1-3H3. The van der Waals surface area contributed by atoms with Crippen LogP contribution in [0.2, 0.25) is 0 Å². The fraction of sp³-hybridized carbons (Fsp3) is 0.545. The van der Waals surface area contributed by atoms with Gasteiger partial charge in [0, 0.05) is 19.8 Å². The zero-order chi connectivity index (χ0) is 12.7. The van der Waals surface area contributed by atoms with Crippen molar-refractivity contribution in [3.05, 3.63) is 28.8 Å². The third-order valence-electron chi connectivity index (χ3n) is 2.07. The van der Waals surface area contributed by atoms with E-state index in [1.165, 1.54) is 6.26 Å². The fourth-order valence-electron chi connectivity index (χ4n) is 1.52. The maximum Gasteiger partial charge on any atom is 0.544 e. The Balaban J connectivity index is 3.19. The molecule has 0 aromatic carbocycles. The molecule has 0 saturated heterocycles. The van der Waals surface area contributed by atoms with Gasteiger partial charge in [0.2, 0.25) is 0 Å². The van der Waals surface area contributed by atoms with Crippen molar-refractivity contribution in [2.24, 2.45) is 0 Å². The molecule has 0 saturated carbocycles. The zero-order valence-corrected chi connectivity index (χ0v) is 11.4. The average molecular weight is 258 g/mol. The van der Waals surface area contributed by atoms with Crippen molar-refractivity contribution < 1.29 is 17.7 Å². The molecule has 0 spiro atoms. The molecule has 1 aromatic heterocycles. The minimum Gasteiger partial charge on any atom is -0.431 e. The van der Waals surface area contributed by atoms with Gasteiger partial charge in [0.15, 0.2) is 0 Å². The first-order valence-electron chi connectivity index (χ1n) is 5.70. The Morgan fingerprint density at radius 1 is 1.12 bits per heavy atom. The van der Waals surface area contributed by atoms with E-state index in [2.05, 4.69) is 0 Å². The maximum atomic E-state index is 11.7. The van der Waals surface area contributed by atoms with Gasteiger partial charge >= 0.3 is 14.4 Å². The third kappa shape index (κ3) is 3.26. The summed E-state index contributed by atoms with van der Waals surface area (Å²) in [4.78, 5) is 11.7. The summed E-state index contributed by atoms with van der Waals surface area (Å²) >= 11 is 0. The van der Waals surface area contributed by atoms with E-state index in [0.29, 0.717) is 25.0 Å². The molecule has 96 valence electrons. The van der Waals surface area contributed by atoms with Crippen LogP contribution in [0.3, 0.4) is 0 Å². The van der Waals surface area contributed by atoms with Gasteiger partial charge in [-0.3, -0.25) is 0 Å². The molecule has 0 aliphatic heterocycles. The Kier molecular flexibility index (Phi) is 5.56. The predicted molar refractivity (Wildman–Crippen MR) is 65.2 cm³/mol. The molecule has 0 amide bonds. The number of hydrogen-bond acceptors (Lipinski definition) is 5. The van der Waals surface area contributed by atoms with Gasteiger partial charge < -0.3 is 17.7 Å². The lowest BCUT2D eigenvalue weighted by atomic mass is 10.5. The van der Waals surface area contributed by atoms with Crippen LogP contribution < -0.4 is 10.8 Å². The van der Waals surface area contributed by atoms with Gasteiger partial charge in [-0.2, -0.15) is 0 Å². The van der Waals surface area contributed by atoms with Crippen LogP contribution in [0.25, 0.3) is 0 Å². The van der Waals surface area contributed by atoms with E-state index in [0.717, 1.165) is 0 Å². The Morgan fingerprint density at radius 2 is 1.65 bits per heavy atom. The lowest BCUT2D eigenvalue weighted by molar-refractivity contribution is 0.0852. The van der Waals surface area contributed by atoms with Crippen LogP contribution in [-0.2, 0) is 13.3 Å². The molecule has 0 aliphatic rings. The van der Waals surface area contributed by atoms with Crippen LogP contribution in [0.4, 0.5) is 0 Å². The number of rotatable bonds is 7. The first kappa shape index (κ1) is 14.1. The van der Waals surface area contributed by atoms with E-state index in [4.69, 9.17) is 17.7 Å². The van der Waals surface area contributed by atoms with E-state index >= 15 is 0 Å². The molecule has 1 rings (SSSR count). The molecule has 5 nitrogen and oxygen atoms in total. The fourth-order valence-corrected chi connectivity index (χ4v) is 3.99. The Labute approximate surface area is 102 Å². The Morgan fingerprint density at radius 3 is 2.06 bits per heavy atom. The van der Waals surface area contributed by atoms with Crippen LogP contribution >= 0.6 is 0 Å². The maximum absolute atomic E-state index is 11.7. The summed E-state index contributed by atoms with van der Waals surface area (Å²) in [6.07, 6.45) is 1.33. The molecule has 0 fully saturated rings. The van der Waals surface area contributed by atoms with E-state index in [1.807, 2.05) is 20.8 Å². The van der Waals surface area contributed by atoms with Crippen molar-refractivity contribution in [1.29, 1.82) is 0 Å². The summed E-state index contributed by atoms with van der Waals surface area (Å²) in [6, 6.07) is 3.27. The van der Waals surface area contributed by atoms with Gasteiger partial charge in [0.1, 0.15) is 5.19 Å². The Bertz CT molecular complexity index is 372. The number of hydrogen-bond donors (Lipinski definition) is 0. The highest BCUT2D eigenvalue weighted by atomic mass is 28.4.